The molecule has 3 rings (SSSR count). The van der Waals surface area contributed by atoms with E-state index in [4.69, 9.17) is 9.47 Å². The van der Waals surface area contributed by atoms with Crippen molar-refractivity contribution in [1.29, 1.82) is 0 Å². The summed E-state index contributed by atoms with van der Waals surface area (Å²) in [4.78, 5) is 12.7. The molecule has 0 aliphatic heterocycles. The highest BCUT2D eigenvalue weighted by Gasteiger charge is 2.33. The van der Waals surface area contributed by atoms with E-state index in [0.717, 1.165) is 31.2 Å². The number of nitrogens with one attached hydrogen (secondary N) is 1. The van der Waals surface area contributed by atoms with Gasteiger partial charge in [-0.05, 0) is 51.7 Å². The number of aryl methyl sites for hydroxylation is 2. The Kier molecular flexibility index (Phi) is 6.82. The summed E-state index contributed by atoms with van der Waals surface area (Å²) < 4.78 is 40.9. The number of rotatable bonds is 7. The molecular formula is C21H29N3O5S. The van der Waals surface area contributed by atoms with Crippen molar-refractivity contribution in [2.75, 3.05) is 18.4 Å². The molecule has 1 aliphatic carbocycles. The molecule has 0 atom stereocenters. The maximum absolute atomic E-state index is 13.1. The van der Waals surface area contributed by atoms with Crippen molar-refractivity contribution in [2.24, 2.45) is 7.05 Å². The number of aromatic nitrogens is 2. The fraction of sp³-hybridized carbons (Fsp3) is 0.524. The number of ether oxygens (including phenoxy) is 2. The quantitative estimate of drug-likeness (QED) is 0.670. The first-order valence-electron chi connectivity index (χ1n) is 10.1. The number of carbonyl (C=O) groups excluding carboxylic acids is 1. The number of hydrogen-bond donors (Lipinski definition) is 1. The Labute approximate surface area is 177 Å². The number of sulfonamides is 1. The molecule has 8 nitrogen and oxygen atoms in total. The maximum atomic E-state index is 13.1. The van der Waals surface area contributed by atoms with E-state index < -0.39 is 16.0 Å². The van der Waals surface area contributed by atoms with Crippen LogP contribution >= 0.6 is 0 Å². The van der Waals surface area contributed by atoms with Crippen LogP contribution < -0.4 is 4.72 Å². The minimum Gasteiger partial charge on any atom is -0.461 e. The van der Waals surface area contributed by atoms with Gasteiger partial charge in [0.1, 0.15) is 5.69 Å². The van der Waals surface area contributed by atoms with Gasteiger partial charge in [-0.3, -0.25) is 9.40 Å². The average Bonchev–Trinajstić information content (AvgIpc) is 3.04. The largest absolute Gasteiger partial charge is 0.461 e. The standard InChI is InChI=1S/C21H29N3O5S/c1-5-29-21(25)19-18(23-30(26,27)17-12-6-14(2)7-13-17)20(24(3)22-19)15-8-10-16(28-4)11-9-15/h6-7,12-13,15-16,23H,5,8-11H2,1-4H3. The van der Waals surface area contributed by atoms with Gasteiger partial charge in [-0.2, -0.15) is 5.10 Å². The van der Waals surface area contributed by atoms with Gasteiger partial charge >= 0.3 is 5.97 Å². The highest BCUT2D eigenvalue weighted by molar-refractivity contribution is 7.92. The predicted octanol–water partition coefficient (Wildman–Crippen LogP) is 3.38. The fourth-order valence-corrected chi connectivity index (χ4v) is 5.01. The van der Waals surface area contributed by atoms with Crippen molar-refractivity contribution in [1.82, 2.24) is 9.78 Å². The molecule has 164 valence electrons. The van der Waals surface area contributed by atoms with E-state index in [1.807, 2.05) is 6.92 Å². The summed E-state index contributed by atoms with van der Waals surface area (Å²) in [7, 11) is -0.470. The molecule has 0 amide bonds. The van der Waals surface area contributed by atoms with Crippen LogP contribution in [0.1, 0.15) is 60.3 Å². The highest BCUT2D eigenvalue weighted by Crippen LogP contribution is 2.39. The molecule has 1 fully saturated rings. The summed E-state index contributed by atoms with van der Waals surface area (Å²) in [6.45, 7) is 3.76. The molecular weight excluding hydrogens is 406 g/mol. The molecule has 1 saturated carbocycles. The summed E-state index contributed by atoms with van der Waals surface area (Å²) in [5.41, 5.74) is 1.85. The van der Waals surface area contributed by atoms with Crippen LogP contribution in [0.5, 0.6) is 0 Å². The molecule has 1 aromatic carbocycles. The lowest BCUT2D eigenvalue weighted by Gasteiger charge is -2.28. The van der Waals surface area contributed by atoms with E-state index in [-0.39, 0.29) is 34.9 Å². The van der Waals surface area contributed by atoms with E-state index >= 15 is 0 Å². The van der Waals surface area contributed by atoms with Crippen molar-refractivity contribution in [3.63, 3.8) is 0 Å². The van der Waals surface area contributed by atoms with Crippen LogP contribution in [0.4, 0.5) is 5.69 Å². The van der Waals surface area contributed by atoms with Gasteiger partial charge in [0.25, 0.3) is 10.0 Å². The van der Waals surface area contributed by atoms with Gasteiger partial charge in [0.05, 0.1) is 23.3 Å². The van der Waals surface area contributed by atoms with E-state index in [1.165, 1.54) is 0 Å². The maximum Gasteiger partial charge on any atom is 0.361 e. The molecule has 9 heteroatoms. The smallest absolute Gasteiger partial charge is 0.361 e. The van der Waals surface area contributed by atoms with Crippen molar-refractivity contribution in [2.45, 2.75) is 56.4 Å². The third kappa shape index (κ3) is 4.67. The number of esters is 1. The molecule has 0 spiro atoms. The molecule has 1 heterocycles. The Balaban J connectivity index is 2.01. The van der Waals surface area contributed by atoms with Gasteiger partial charge in [-0.1, -0.05) is 17.7 Å². The number of benzene rings is 1. The van der Waals surface area contributed by atoms with E-state index in [9.17, 15) is 13.2 Å². The lowest BCUT2D eigenvalue weighted by Crippen LogP contribution is -2.22. The Hall–Kier alpha value is -2.39. The van der Waals surface area contributed by atoms with Gasteiger partial charge < -0.3 is 9.47 Å². The first-order valence-corrected chi connectivity index (χ1v) is 11.6. The zero-order valence-corrected chi connectivity index (χ0v) is 18.7. The molecule has 30 heavy (non-hydrogen) atoms. The molecule has 0 radical (unpaired) electrons. The SMILES string of the molecule is CCOC(=O)c1nn(C)c(C2CCC(OC)CC2)c1NS(=O)(=O)c1ccc(C)cc1. The van der Waals surface area contributed by atoms with Crippen LogP contribution in [-0.2, 0) is 26.5 Å². The normalized spacial score (nSPS) is 19.5. The number of methoxy groups -OCH3 is 1. The lowest BCUT2D eigenvalue weighted by molar-refractivity contribution is 0.0519. The fourth-order valence-electron chi connectivity index (χ4n) is 3.93. The average molecular weight is 436 g/mol. The molecule has 0 bridgehead atoms. The van der Waals surface area contributed by atoms with Crippen molar-refractivity contribution in [3.05, 3.63) is 41.2 Å². The Morgan fingerprint density at radius 3 is 2.40 bits per heavy atom. The number of nitrogens with zero attached hydrogens (tertiary/aromatic N) is 2. The van der Waals surface area contributed by atoms with Gasteiger partial charge in [-0.25, -0.2) is 13.2 Å². The van der Waals surface area contributed by atoms with Gasteiger partial charge in [-0.15, -0.1) is 0 Å². The summed E-state index contributed by atoms with van der Waals surface area (Å²) >= 11 is 0. The minimum atomic E-state index is -3.90. The molecule has 1 aliphatic rings. The van der Waals surface area contributed by atoms with Crippen molar-refractivity contribution < 1.29 is 22.7 Å². The van der Waals surface area contributed by atoms with E-state index in [0.29, 0.717) is 5.69 Å². The summed E-state index contributed by atoms with van der Waals surface area (Å²) in [5, 5.41) is 4.32. The predicted molar refractivity (Wildman–Crippen MR) is 113 cm³/mol. The van der Waals surface area contributed by atoms with Crippen molar-refractivity contribution >= 4 is 21.7 Å². The third-order valence-corrected chi connectivity index (χ3v) is 6.89. The lowest BCUT2D eigenvalue weighted by atomic mass is 9.84. The van der Waals surface area contributed by atoms with Crippen LogP contribution in [0, 0.1) is 6.92 Å². The summed E-state index contributed by atoms with van der Waals surface area (Å²) in [6.07, 6.45) is 3.57. The molecule has 1 N–H and O–H groups in total. The summed E-state index contributed by atoms with van der Waals surface area (Å²) in [6, 6.07) is 6.55. The van der Waals surface area contributed by atoms with Gasteiger partial charge in [0.15, 0.2) is 5.69 Å². The minimum absolute atomic E-state index is 0.0149. The van der Waals surface area contributed by atoms with Crippen LogP contribution in [0.25, 0.3) is 0 Å². The molecule has 0 saturated heterocycles. The molecule has 2 aromatic rings. The van der Waals surface area contributed by atoms with Crippen molar-refractivity contribution in [3.8, 4) is 0 Å². The zero-order chi connectivity index (χ0) is 21.9. The summed E-state index contributed by atoms with van der Waals surface area (Å²) in [5.74, 6) is -0.584. The number of anilines is 1. The number of carbonyl (C=O) groups is 1. The Morgan fingerprint density at radius 1 is 1.20 bits per heavy atom. The van der Waals surface area contributed by atoms with E-state index in [2.05, 4.69) is 9.82 Å². The Morgan fingerprint density at radius 2 is 1.83 bits per heavy atom. The third-order valence-electron chi connectivity index (χ3n) is 5.52. The molecule has 1 aromatic heterocycles. The monoisotopic (exact) mass is 435 g/mol. The second-order valence-corrected chi connectivity index (χ2v) is 9.26. The van der Waals surface area contributed by atoms with E-state index in [1.54, 1.807) is 50.0 Å². The van der Waals surface area contributed by atoms with Crippen LogP contribution in [0.2, 0.25) is 0 Å². The first kappa shape index (κ1) is 22.3. The first-order chi connectivity index (χ1) is 14.3. The van der Waals surface area contributed by atoms with Gasteiger partial charge in [0.2, 0.25) is 0 Å². The second kappa shape index (κ2) is 9.18. The van der Waals surface area contributed by atoms with Crippen LogP contribution in [0.15, 0.2) is 29.2 Å². The zero-order valence-electron chi connectivity index (χ0n) is 17.8. The number of hydrogen-bond acceptors (Lipinski definition) is 6. The van der Waals surface area contributed by atoms with Crippen LogP contribution in [-0.4, -0.2) is 44.0 Å². The van der Waals surface area contributed by atoms with Gasteiger partial charge in [0, 0.05) is 20.1 Å². The molecule has 0 unspecified atom stereocenters. The second-order valence-electron chi connectivity index (χ2n) is 7.58. The Bertz CT molecular complexity index is 990. The topological polar surface area (TPSA) is 99.5 Å². The van der Waals surface area contributed by atoms with Crippen LogP contribution in [0.3, 0.4) is 0 Å². The highest BCUT2D eigenvalue weighted by atomic mass is 32.2.